The first kappa shape index (κ1) is 15.0. The quantitative estimate of drug-likeness (QED) is 0.835. The van der Waals surface area contributed by atoms with Crippen LogP contribution in [0.2, 0.25) is 0 Å². The number of carbonyl (C=O) groups excluding carboxylic acids is 2. The Labute approximate surface area is 133 Å². The molecule has 0 bridgehead atoms. The highest BCUT2D eigenvalue weighted by Gasteiger charge is 2.47. The molecule has 0 radical (unpaired) electrons. The summed E-state index contributed by atoms with van der Waals surface area (Å²) in [7, 11) is 0. The summed E-state index contributed by atoms with van der Waals surface area (Å²) in [5, 5.41) is 5.34. The highest BCUT2D eigenvalue weighted by molar-refractivity contribution is 6.18. The molecule has 6 nitrogen and oxygen atoms in total. The van der Waals surface area contributed by atoms with Gasteiger partial charge in [-0.05, 0) is 56.2 Å². The number of hydrogen-bond donors (Lipinski definition) is 2. The summed E-state index contributed by atoms with van der Waals surface area (Å²) in [6, 6.07) is 8.89. The molecule has 0 unspecified atom stereocenters. The van der Waals surface area contributed by atoms with Crippen molar-refractivity contribution >= 4 is 23.3 Å². The van der Waals surface area contributed by atoms with Crippen molar-refractivity contribution in [3.8, 4) is 5.75 Å². The summed E-state index contributed by atoms with van der Waals surface area (Å²) in [4.78, 5) is 28.9. The number of amides is 2. The van der Waals surface area contributed by atoms with Crippen molar-refractivity contribution in [2.75, 3.05) is 10.6 Å². The smallest absolute Gasteiger partial charge is 0.279 e. The molecule has 2 N–H and O–H groups in total. The van der Waals surface area contributed by atoms with Gasteiger partial charge in [0.2, 0.25) is 0 Å². The molecule has 1 aliphatic heterocycles. The van der Waals surface area contributed by atoms with E-state index >= 15 is 0 Å². The van der Waals surface area contributed by atoms with Crippen LogP contribution in [-0.2, 0) is 9.59 Å². The van der Waals surface area contributed by atoms with Crippen LogP contribution in [0.5, 0.6) is 5.75 Å². The second-order valence-electron chi connectivity index (χ2n) is 5.69. The van der Waals surface area contributed by atoms with Crippen molar-refractivity contribution in [2.45, 2.75) is 26.4 Å². The molecule has 0 fully saturated rings. The normalized spacial score (nSPS) is 19.3. The lowest BCUT2D eigenvalue weighted by Crippen LogP contribution is -2.56. The fraction of sp³-hybridized carbons (Fsp3) is 0.235. The SMILES string of the molecule is Cc1ccc(NC(=O)[C@]2(C)Oc3cccnc3NC2=O)cc1C. The van der Waals surface area contributed by atoms with Gasteiger partial charge in [0, 0.05) is 11.9 Å². The molecule has 0 saturated heterocycles. The zero-order chi connectivity index (χ0) is 16.6. The van der Waals surface area contributed by atoms with E-state index in [9.17, 15) is 9.59 Å². The third-order valence-electron chi connectivity index (χ3n) is 3.95. The number of benzene rings is 1. The lowest BCUT2D eigenvalue weighted by atomic mass is 10.0. The minimum atomic E-state index is -1.66. The predicted octanol–water partition coefficient (Wildman–Crippen LogP) is 2.43. The number of aryl methyl sites for hydroxylation is 2. The number of nitrogens with one attached hydrogen (secondary N) is 2. The van der Waals surface area contributed by atoms with Gasteiger partial charge in [-0.25, -0.2) is 4.98 Å². The van der Waals surface area contributed by atoms with Crippen molar-refractivity contribution in [2.24, 2.45) is 0 Å². The molecule has 2 aromatic rings. The first-order valence-electron chi connectivity index (χ1n) is 7.24. The Balaban J connectivity index is 1.86. The molecule has 1 aliphatic rings. The van der Waals surface area contributed by atoms with E-state index in [1.807, 2.05) is 26.0 Å². The van der Waals surface area contributed by atoms with Crippen LogP contribution in [0.15, 0.2) is 36.5 Å². The van der Waals surface area contributed by atoms with Gasteiger partial charge < -0.3 is 15.4 Å². The first-order chi connectivity index (χ1) is 10.9. The first-order valence-corrected chi connectivity index (χ1v) is 7.24. The molecule has 1 atom stereocenters. The van der Waals surface area contributed by atoms with E-state index in [0.29, 0.717) is 17.3 Å². The Morgan fingerprint density at radius 2 is 2.04 bits per heavy atom. The molecule has 6 heteroatoms. The van der Waals surface area contributed by atoms with Gasteiger partial charge in [-0.1, -0.05) is 6.07 Å². The number of hydrogen-bond acceptors (Lipinski definition) is 4. The zero-order valence-electron chi connectivity index (χ0n) is 13.1. The summed E-state index contributed by atoms with van der Waals surface area (Å²) >= 11 is 0. The van der Waals surface area contributed by atoms with Gasteiger partial charge in [0.15, 0.2) is 11.6 Å². The number of pyridine rings is 1. The summed E-state index contributed by atoms with van der Waals surface area (Å²) in [6.45, 7) is 5.39. The number of fused-ring (bicyclic) bond motifs is 1. The van der Waals surface area contributed by atoms with E-state index in [4.69, 9.17) is 4.74 Å². The van der Waals surface area contributed by atoms with E-state index in [1.165, 1.54) is 6.92 Å². The van der Waals surface area contributed by atoms with Crippen LogP contribution in [-0.4, -0.2) is 22.4 Å². The van der Waals surface area contributed by atoms with Gasteiger partial charge >= 0.3 is 0 Å². The Bertz CT molecular complexity index is 803. The maximum absolute atomic E-state index is 12.6. The summed E-state index contributed by atoms with van der Waals surface area (Å²) in [5.41, 5.74) is 1.14. The molecule has 0 aliphatic carbocycles. The Hall–Kier alpha value is -2.89. The van der Waals surface area contributed by atoms with Crippen LogP contribution in [0.1, 0.15) is 18.1 Å². The number of aromatic nitrogens is 1. The van der Waals surface area contributed by atoms with Crippen LogP contribution in [0.4, 0.5) is 11.5 Å². The summed E-state index contributed by atoms with van der Waals surface area (Å²) in [6.07, 6.45) is 1.54. The van der Waals surface area contributed by atoms with Crippen LogP contribution in [0.3, 0.4) is 0 Å². The standard InChI is InChI=1S/C17H17N3O3/c1-10-6-7-12(9-11(10)2)19-15(21)17(3)16(22)20-14-13(23-17)5-4-8-18-14/h4-9H,1-3H3,(H,19,21)(H,18,20,22)/t17-/m0/s1. The average Bonchev–Trinajstić information content (AvgIpc) is 2.52. The highest BCUT2D eigenvalue weighted by Crippen LogP contribution is 2.32. The fourth-order valence-corrected chi connectivity index (χ4v) is 2.28. The maximum Gasteiger partial charge on any atom is 0.279 e. The topological polar surface area (TPSA) is 80.3 Å². The molecule has 3 rings (SSSR count). The lowest BCUT2D eigenvalue weighted by Gasteiger charge is -2.32. The Morgan fingerprint density at radius 1 is 1.26 bits per heavy atom. The van der Waals surface area contributed by atoms with Gasteiger partial charge in [0.1, 0.15) is 0 Å². The number of ether oxygens (including phenoxy) is 1. The van der Waals surface area contributed by atoms with Crippen LogP contribution >= 0.6 is 0 Å². The Morgan fingerprint density at radius 3 is 2.78 bits per heavy atom. The van der Waals surface area contributed by atoms with Crippen molar-refractivity contribution in [3.05, 3.63) is 47.7 Å². The second-order valence-corrected chi connectivity index (χ2v) is 5.69. The largest absolute Gasteiger partial charge is 0.464 e. The lowest BCUT2D eigenvalue weighted by molar-refractivity contribution is -0.143. The minimum Gasteiger partial charge on any atom is -0.464 e. The number of carbonyl (C=O) groups is 2. The van der Waals surface area contributed by atoms with Gasteiger partial charge in [-0.15, -0.1) is 0 Å². The van der Waals surface area contributed by atoms with Crippen molar-refractivity contribution in [1.29, 1.82) is 0 Å². The molecule has 0 saturated carbocycles. The third kappa shape index (κ3) is 2.63. The molecule has 2 amide bonds. The molecule has 0 spiro atoms. The predicted molar refractivity (Wildman–Crippen MR) is 86.4 cm³/mol. The van der Waals surface area contributed by atoms with E-state index in [0.717, 1.165) is 11.1 Å². The number of anilines is 2. The van der Waals surface area contributed by atoms with E-state index < -0.39 is 17.4 Å². The van der Waals surface area contributed by atoms with E-state index in [2.05, 4.69) is 15.6 Å². The third-order valence-corrected chi connectivity index (χ3v) is 3.95. The number of nitrogens with zero attached hydrogens (tertiary/aromatic N) is 1. The van der Waals surface area contributed by atoms with Gasteiger partial charge in [-0.2, -0.15) is 0 Å². The van der Waals surface area contributed by atoms with E-state index in [-0.39, 0.29) is 0 Å². The molecule has 23 heavy (non-hydrogen) atoms. The van der Waals surface area contributed by atoms with Crippen LogP contribution < -0.4 is 15.4 Å². The summed E-state index contributed by atoms with van der Waals surface area (Å²) in [5.74, 6) is -0.406. The molecular formula is C17H17N3O3. The van der Waals surface area contributed by atoms with Gasteiger partial charge in [-0.3, -0.25) is 9.59 Å². The van der Waals surface area contributed by atoms with Crippen molar-refractivity contribution in [1.82, 2.24) is 4.98 Å². The highest BCUT2D eigenvalue weighted by atomic mass is 16.5. The number of rotatable bonds is 2. The molecular weight excluding hydrogens is 294 g/mol. The molecule has 1 aromatic carbocycles. The van der Waals surface area contributed by atoms with Gasteiger partial charge in [0.05, 0.1) is 0 Å². The van der Waals surface area contributed by atoms with Crippen molar-refractivity contribution < 1.29 is 14.3 Å². The fourth-order valence-electron chi connectivity index (χ4n) is 2.28. The van der Waals surface area contributed by atoms with Gasteiger partial charge in [0.25, 0.3) is 17.4 Å². The monoisotopic (exact) mass is 311 g/mol. The average molecular weight is 311 g/mol. The van der Waals surface area contributed by atoms with Crippen LogP contribution in [0.25, 0.3) is 0 Å². The minimum absolute atomic E-state index is 0.314. The second kappa shape index (κ2) is 5.39. The zero-order valence-corrected chi connectivity index (χ0v) is 13.1. The van der Waals surface area contributed by atoms with E-state index in [1.54, 1.807) is 24.4 Å². The maximum atomic E-state index is 12.6. The molecule has 2 heterocycles. The van der Waals surface area contributed by atoms with Crippen LogP contribution in [0, 0.1) is 13.8 Å². The van der Waals surface area contributed by atoms with Crippen molar-refractivity contribution in [3.63, 3.8) is 0 Å². The molecule has 118 valence electrons. The Kier molecular flexibility index (Phi) is 3.52. The molecule has 1 aromatic heterocycles. The summed E-state index contributed by atoms with van der Waals surface area (Å²) < 4.78 is 5.63.